The second kappa shape index (κ2) is 12.0. The van der Waals surface area contributed by atoms with Crippen LogP contribution in [0.2, 0.25) is 0 Å². The van der Waals surface area contributed by atoms with E-state index in [2.05, 4.69) is 16.5 Å². The van der Waals surface area contributed by atoms with Crippen molar-refractivity contribution >= 4 is 28.9 Å². The molecule has 1 fully saturated rings. The largest absolute Gasteiger partial charge is 0.461 e. The molecular formula is C30H32N6O4. The summed E-state index contributed by atoms with van der Waals surface area (Å²) in [5.74, 6) is 0.615. The maximum Gasteiger partial charge on any atom is 0.357 e. The zero-order valence-corrected chi connectivity index (χ0v) is 22.5. The molecule has 1 aliphatic heterocycles. The number of nitrogens with zero attached hydrogens (tertiary/aromatic N) is 5. The van der Waals surface area contributed by atoms with Gasteiger partial charge in [0.1, 0.15) is 17.2 Å². The molecule has 3 heterocycles. The van der Waals surface area contributed by atoms with E-state index in [9.17, 15) is 9.59 Å². The number of piperidine rings is 1. The average molecular weight is 541 g/mol. The number of carbonyl (C=O) groups excluding carboxylic acids is 2. The van der Waals surface area contributed by atoms with Crippen LogP contribution in [0.15, 0.2) is 67.3 Å². The van der Waals surface area contributed by atoms with Crippen LogP contribution in [0.1, 0.15) is 49.1 Å². The SMILES string of the molecule is C=CC(=O)N1CCC[C@@H](n2nc(-c3ccc(Oc4ccccc4)cc3)c3c(C(=O)OCCCC)nc(N)nc32)C1. The fourth-order valence-corrected chi connectivity index (χ4v) is 4.83. The van der Waals surface area contributed by atoms with Gasteiger partial charge in [-0.3, -0.25) is 4.79 Å². The van der Waals surface area contributed by atoms with Crippen LogP contribution in [0.4, 0.5) is 5.95 Å². The van der Waals surface area contributed by atoms with Gasteiger partial charge in [-0.15, -0.1) is 0 Å². The zero-order valence-electron chi connectivity index (χ0n) is 22.5. The van der Waals surface area contributed by atoms with E-state index in [0.717, 1.165) is 37.0 Å². The molecule has 0 radical (unpaired) electrons. The van der Waals surface area contributed by atoms with Crippen LogP contribution in [-0.4, -0.2) is 56.2 Å². The van der Waals surface area contributed by atoms with E-state index >= 15 is 0 Å². The molecule has 2 aromatic carbocycles. The van der Waals surface area contributed by atoms with Crippen LogP contribution in [0, 0.1) is 0 Å². The number of rotatable bonds is 9. The monoisotopic (exact) mass is 540 g/mol. The summed E-state index contributed by atoms with van der Waals surface area (Å²) in [6, 6.07) is 16.8. The van der Waals surface area contributed by atoms with Crippen LogP contribution in [0.5, 0.6) is 11.5 Å². The summed E-state index contributed by atoms with van der Waals surface area (Å²) in [5, 5.41) is 5.40. The van der Waals surface area contributed by atoms with Gasteiger partial charge >= 0.3 is 5.97 Å². The minimum absolute atomic E-state index is 0.0518. The molecule has 5 rings (SSSR count). The zero-order chi connectivity index (χ0) is 28.1. The standard InChI is InChI=1S/C30H32N6O4/c1-3-5-18-39-29(38)27-25-26(20-13-15-23(16-14-20)40-22-11-7-6-8-12-22)34-36(28(25)33-30(31)32-27)21-10-9-17-35(19-21)24(37)4-2/h4,6-8,11-16,21H,2-3,5,9-10,17-19H2,1H3,(H2,31,32,33)/t21-/m1/s1. The maximum absolute atomic E-state index is 13.2. The molecule has 1 amide bonds. The third-order valence-corrected chi connectivity index (χ3v) is 6.83. The summed E-state index contributed by atoms with van der Waals surface area (Å²) in [6.45, 7) is 6.99. The lowest BCUT2D eigenvalue weighted by molar-refractivity contribution is -0.127. The molecule has 1 aliphatic rings. The van der Waals surface area contributed by atoms with E-state index in [0.29, 0.717) is 35.6 Å². The Balaban J connectivity index is 1.58. The molecule has 4 aromatic rings. The van der Waals surface area contributed by atoms with E-state index in [4.69, 9.17) is 20.3 Å². The van der Waals surface area contributed by atoms with Crippen molar-refractivity contribution in [2.75, 3.05) is 25.4 Å². The van der Waals surface area contributed by atoms with Crippen molar-refractivity contribution in [1.82, 2.24) is 24.6 Å². The molecule has 2 N–H and O–H groups in total. The molecule has 0 unspecified atom stereocenters. The highest BCUT2D eigenvalue weighted by molar-refractivity contribution is 6.07. The summed E-state index contributed by atoms with van der Waals surface area (Å²) in [7, 11) is 0. The van der Waals surface area contributed by atoms with Crippen LogP contribution >= 0.6 is 0 Å². The quantitative estimate of drug-likeness (QED) is 0.175. The van der Waals surface area contributed by atoms with Gasteiger partial charge in [-0.25, -0.2) is 14.5 Å². The first-order valence-corrected chi connectivity index (χ1v) is 13.5. The topological polar surface area (TPSA) is 125 Å². The number of aromatic nitrogens is 4. The smallest absolute Gasteiger partial charge is 0.357 e. The highest BCUT2D eigenvalue weighted by Gasteiger charge is 2.30. The highest BCUT2D eigenvalue weighted by Crippen LogP contribution is 2.35. The van der Waals surface area contributed by atoms with Crippen molar-refractivity contribution in [3.8, 4) is 22.8 Å². The van der Waals surface area contributed by atoms with Gasteiger partial charge in [-0.1, -0.05) is 38.1 Å². The summed E-state index contributed by atoms with van der Waals surface area (Å²) < 4.78 is 13.2. The summed E-state index contributed by atoms with van der Waals surface area (Å²) in [5.41, 5.74) is 7.85. The summed E-state index contributed by atoms with van der Waals surface area (Å²) >= 11 is 0. The third kappa shape index (κ3) is 5.66. The van der Waals surface area contributed by atoms with E-state index in [1.165, 1.54) is 6.08 Å². The predicted molar refractivity (Wildman–Crippen MR) is 152 cm³/mol. The molecule has 1 saturated heterocycles. The molecular weight excluding hydrogens is 508 g/mol. The Labute approximate surface area is 232 Å². The van der Waals surface area contributed by atoms with Crippen molar-refractivity contribution in [3.05, 3.63) is 72.9 Å². The second-order valence-corrected chi connectivity index (χ2v) is 9.64. The maximum atomic E-state index is 13.2. The van der Waals surface area contributed by atoms with Gasteiger partial charge in [0, 0.05) is 18.7 Å². The van der Waals surface area contributed by atoms with Crippen molar-refractivity contribution in [3.63, 3.8) is 0 Å². The third-order valence-electron chi connectivity index (χ3n) is 6.83. The average Bonchev–Trinajstić information content (AvgIpc) is 3.36. The number of unbranched alkanes of at least 4 members (excludes halogenated alkanes) is 1. The number of nitrogen functional groups attached to an aromatic ring is 1. The van der Waals surface area contributed by atoms with Gasteiger partial charge in [-0.2, -0.15) is 10.1 Å². The molecule has 0 aliphatic carbocycles. The molecule has 40 heavy (non-hydrogen) atoms. The number of likely N-dealkylation sites (tertiary alicyclic amines) is 1. The van der Waals surface area contributed by atoms with Crippen molar-refractivity contribution < 1.29 is 19.1 Å². The van der Waals surface area contributed by atoms with E-state index in [-0.39, 0.29) is 30.2 Å². The number of nitrogens with two attached hydrogens (primary N) is 1. The molecule has 1 atom stereocenters. The number of ether oxygens (including phenoxy) is 2. The molecule has 206 valence electrons. The van der Waals surface area contributed by atoms with Crippen molar-refractivity contribution in [2.45, 2.75) is 38.6 Å². The number of esters is 1. The fraction of sp³-hybridized carbons (Fsp3) is 0.300. The number of fused-ring (bicyclic) bond motifs is 1. The number of benzene rings is 2. The van der Waals surface area contributed by atoms with Crippen LogP contribution < -0.4 is 10.5 Å². The Morgan fingerprint density at radius 2 is 1.85 bits per heavy atom. The Hall–Kier alpha value is -4.73. The van der Waals surface area contributed by atoms with Crippen molar-refractivity contribution in [2.24, 2.45) is 0 Å². The van der Waals surface area contributed by atoms with Gasteiger partial charge in [0.25, 0.3) is 0 Å². The lowest BCUT2D eigenvalue weighted by Gasteiger charge is -2.32. The Bertz CT molecular complexity index is 1520. The highest BCUT2D eigenvalue weighted by atomic mass is 16.5. The number of amides is 1. The molecule has 0 bridgehead atoms. The van der Waals surface area contributed by atoms with Gasteiger partial charge in [0.2, 0.25) is 11.9 Å². The first-order valence-electron chi connectivity index (χ1n) is 13.5. The van der Waals surface area contributed by atoms with Crippen LogP contribution in [0.3, 0.4) is 0 Å². The normalized spacial score (nSPS) is 15.1. The van der Waals surface area contributed by atoms with E-state index in [1.807, 2.05) is 61.5 Å². The molecule has 10 heteroatoms. The van der Waals surface area contributed by atoms with Crippen molar-refractivity contribution in [1.29, 1.82) is 0 Å². The Kier molecular flexibility index (Phi) is 8.04. The van der Waals surface area contributed by atoms with Gasteiger partial charge in [-0.05, 0) is 61.7 Å². The molecule has 10 nitrogen and oxygen atoms in total. The van der Waals surface area contributed by atoms with Crippen LogP contribution in [0.25, 0.3) is 22.3 Å². The predicted octanol–water partition coefficient (Wildman–Crippen LogP) is 5.17. The molecule has 0 saturated carbocycles. The van der Waals surface area contributed by atoms with Crippen LogP contribution in [-0.2, 0) is 9.53 Å². The number of carbonyl (C=O) groups is 2. The number of para-hydroxylation sites is 1. The number of hydrogen-bond donors (Lipinski definition) is 1. The van der Waals surface area contributed by atoms with Gasteiger partial charge < -0.3 is 20.1 Å². The fourth-order valence-electron chi connectivity index (χ4n) is 4.83. The Morgan fingerprint density at radius 3 is 2.58 bits per heavy atom. The number of anilines is 1. The molecule has 2 aromatic heterocycles. The Morgan fingerprint density at radius 1 is 1.10 bits per heavy atom. The van der Waals surface area contributed by atoms with Gasteiger partial charge in [0.15, 0.2) is 11.3 Å². The summed E-state index contributed by atoms with van der Waals surface area (Å²) in [4.78, 5) is 36.1. The molecule has 0 spiro atoms. The second-order valence-electron chi connectivity index (χ2n) is 9.64. The minimum atomic E-state index is -0.579. The minimum Gasteiger partial charge on any atom is -0.461 e. The van der Waals surface area contributed by atoms with Gasteiger partial charge in [0.05, 0.1) is 18.0 Å². The summed E-state index contributed by atoms with van der Waals surface area (Å²) in [6.07, 6.45) is 4.51. The van der Waals surface area contributed by atoms with E-state index in [1.54, 1.807) is 9.58 Å². The first kappa shape index (κ1) is 26.9. The first-order chi connectivity index (χ1) is 19.5. The number of hydrogen-bond acceptors (Lipinski definition) is 8. The lowest BCUT2D eigenvalue weighted by atomic mass is 10.1. The van der Waals surface area contributed by atoms with E-state index < -0.39 is 5.97 Å². The lowest BCUT2D eigenvalue weighted by Crippen LogP contribution is -2.40.